The number of nitrogens with two attached hydrogens (primary N) is 1. The van der Waals surface area contributed by atoms with E-state index in [0.29, 0.717) is 17.0 Å². The minimum Gasteiger partial charge on any atom is -0.396 e. The highest BCUT2D eigenvalue weighted by molar-refractivity contribution is 5.81. The van der Waals surface area contributed by atoms with Gasteiger partial charge in [-0.25, -0.2) is 15.0 Å². The van der Waals surface area contributed by atoms with Crippen molar-refractivity contribution in [3.63, 3.8) is 0 Å². The summed E-state index contributed by atoms with van der Waals surface area (Å²) in [7, 11) is 0. The molecule has 0 aromatic carbocycles. The van der Waals surface area contributed by atoms with Crippen molar-refractivity contribution in [2.75, 3.05) is 18.9 Å². The van der Waals surface area contributed by atoms with Crippen molar-refractivity contribution < 1.29 is 10.2 Å². The first-order valence-corrected chi connectivity index (χ1v) is 6.41. The van der Waals surface area contributed by atoms with E-state index in [0.717, 1.165) is 12.8 Å². The lowest BCUT2D eigenvalue weighted by Gasteiger charge is -2.22. The molecule has 4 N–H and O–H groups in total. The molecule has 0 bridgehead atoms. The van der Waals surface area contributed by atoms with Gasteiger partial charge in [0.1, 0.15) is 11.8 Å². The second kappa shape index (κ2) is 4.75. The molecule has 1 fully saturated rings. The molecular weight excluding hydrogens is 246 g/mol. The maximum absolute atomic E-state index is 9.56. The maximum Gasteiger partial charge on any atom is 0.165 e. The summed E-state index contributed by atoms with van der Waals surface area (Å²) >= 11 is 0. The average Bonchev–Trinajstić information content (AvgIpc) is 3.01. The van der Waals surface area contributed by atoms with Gasteiger partial charge in [-0.2, -0.15) is 0 Å². The molecule has 3 atom stereocenters. The van der Waals surface area contributed by atoms with E-state index in [1.165, 1.54) is 6.33 Å². The van der Waals surface area contributed by atoms with Crippen LogP contribution in [0.4, 0.5) is 5.82 Å². The molecular formula is C12H17N5O2. The Hall–Kier alpha value is -1.73. The lowest BCUT2D eigenvalue weighted by atomic mass is 9.95. The zero-order valence-electron chi connectivity index (χ0n) is 10.5. The van der Waals surface area contributed by atoms with Crippen LogP contribution in [0, 0.1) is 11.8 Å². The predicted octanol–water partition coefficient (Wildman–Crippen LogP) is -0.0396. The number of anilines is 1. The van der Waals surface area contributed by atoms with Crippen molar-refractivity contribution in [3.8, 4) is 0 Å². The van der Waals surface area contributed by atoms with Gasteiger partial charge in [-0.05, 0) is 18.8 Å². The molecule has 1 saturated carbocycles. The van der Waals surface area contributed by atoms with E-state index in [2.05, 4.69) is 15.0 Å². The molecule has 102 valence electrons. The smallest absolute Gasteiger partial charge is 0.165 e. The number of hydrogen-bond acceptors (Lipinski definition) is 6. The topological polar surface area (TPSA) is 110 Å². The third-order valence-electron chi connectivity index (χ3n) is 4.12. The fourth-order valence-corrected chi connectivity index (χ4v) is 3.08. The number of rotatable bonds is 3. The summed E-state index contributed by atoms with van der Waals surface area (Å²) in [6.45, 7) is 0.154. The van der Waals surface area contributed by atoms with Crippen LogP contribution in [0.15, 0.2) is 12.7 Å². The molecule has 0 radical (unpaired) electrons. The lowest BCUT2D eigenvalue weighted by molar-refractivity contribution is 0.121. The molecule has 7 heteroatoms. The number of fused-ring (bicyclic) bond motifs is 1. The first-order chi connectivity index (χ1) is 9.26. The molecule has 2 aromatic heterocycles. The van der Waals surface area contributed by atoms with Gasteiger partial charge < -0.3 is 20.5 Å². The lowest BCUT2D eigenvalue weighted by Crippen LogP contribution is -2.23. The second-order valence-electron chi connectivity index (χ2n) is 5.02. The summed E-state index contributed by atoms with van der Waals surface area (Å²) in [6.07, 6.45) is 4.91. The molecule has 3 rings (SSSR count). The van der Waals surface area contributed by atoms with Gasteiger partial charge in [0.05, 0.1) is 6.33 Å². The molecule has 2 heterocycles. The maximum atomic E-state index is 9.56. The minimum absolute atomic E-state index is 0.0265. The first-order valence-electron chi connectivity index (χ1n) is 6.41. The Morgan fingerprint density at radius 1 is 1.21 bits per heavy atom. The van der Waals surface area contributed by atoms with Crippen LogP contribution in [-0.4, -0.2) is 42.9 Å². The monoisotopic (exact) mass is 263 g/mol. The van der Waals surface area contributed by atoms with Crippen LogP contribution in [0.5, 0.6) is 0 Å². The summed E-state index contributed by atoms with van der Waals surface area (Å²) in [5, 5.41) is 18.9. The van der Waals surface area contributed by atoms with Crippen molar-refractivity contribution in [3.05, 3.63) is 12.7 Å². The van der Waals surface area contributed by atoms with Crippen molar-refractivity contribution >= 4 is 17.0 Å². The van der Waals surface area contributed by atoms with E-state index < -0.39 is 0 Å². The first kappa shape index (κ1) is 12.3. The van der Waals surface area contributed by atoms with Crippen molar-refractivity contribution in [2.24, 2.45) is 11.8 Å². The van der Waals surface area contributed by atoms with Gasteiger partial charge >= 0.3 is 0 Å². The SMILES string of the molecule is Nc1ncnc2c1ncn2C1CCC(CO)C1CO. The third kappa shape index (κ3) is 1.85. The molecule has 7 nitrogen and oxygen atoms in total. The van der Waals surface area contributed by atoms with Crippen molar-refractivity contribution in [1.82, 2.24) is 19.5 Å². The predicted molar refractivity (Wildman–Crippen MR) is 69.2 cm³/mol. The van der Waals surface area contributed by atoms with Crippen LogP contribution < -0.4 is 5.73 Å². The summed E-state index contributed by atoms with van der Waals surface area (Å²) in [6, 6.07) is 0.0986. The number of aromatic nitrogens is 4. The molecule has 0 spiro atoms. The molecule has 19 heavy (non-hydrogen) atoms. The normalized spacial score (nSPS) is 27.2. The van der Waals surface area contributed by atoms with Crippen LogP contribution in [0.2, 0.25) is 0 Å². The zero-order valence-corrected chi connectivity index (χ0v) is 10.5. The van der Waals surface area contributed by atoms with E-state index in [1.807, 2.05) is 4.57 Å². The van der Waals surface area contributed by atoms with E-state index in [-0.39, 0.29) is 31.1 Å². The van der Waals surface area contributed by atoms with E-state index in [1.54, 1.807) is 6.33 Å². The summed E-state index contributed by atoms with van der Waals surface area (Å²) in [5.41, 5.74) is 7.05. The third-order valence-corrected chi connectivity index (χ3v) is 4.12. The summed E-state index contributed by atoms with van der Waals surface area (Å²) < 4.78 is 1.95. The number of nitrogen functional groups attached to an aromatic ring is 1. The molecule has 1 aliphatic rings. The van der Waals surface area contributed by atoms with E-state index >= 15 is 0 Å². The van der Waals surface area contributed by atoms with Crippen LogP contribution in [0.3, 0.4) is 0 Å². The highest BCUT2D eigenvalue weighted by Crippen LogP contribution is 2.41. The number of aliphatic hydroxyl groups is 2. The van der Waals surface area contributed by atoms with Gasteiger partial charge in [-0.15, -0.1) is 0 Å². The van der Waals surface area contributed by atoms with Crippen LogP contribution >= 0.6 is 0 Å². The number of hydrogen-bond donors (Lipinski definition) is 3. The Bertz CT molecular complexity index is 585. The Labute approximate surface area is 110 Å². The molecule has 0 aliphatic heterocycles. The molecule has 0 amide bonds. The molecule has 2 aromatic rings. The van der Waals surface area contributed by atoms with Gasteiger partial charge in [0.25, 0.3) is 0 Å². The van der Waals surface area contributed by atoms with Gasteiger partial charge in [0.15, 0.2) is 11.5 Å². The van der Waals surface area contributed by atoms with E-state index in [4.69, 9.17) is 5.73 Å². The van der Waals surface area contributed by atoms with E-state index in [9.17, 15) is 10.2 Å². The minimum atomic E-state index is 0.0265. The standard InChI is InChI=1S/C12H17N5O2/c13-11-10-12(15-5-14-11)17(6-16-10)9-2-1-7(3-18)8(9)4-19/h5-9,18-19H,1-4H2,(H2,13,14,15). The van der Waals surface area contributed by atoms with Crippen LogP contribution in [-0.2, 0) is 0 Å². The molecule has 0 saturated heterocycles. The largest absolute Gasteiger partial charge is 0.396 e. The molecule has 3 unspecified atom stereocenters. The van der Waals surface area contributed by atoms with Crippen LogP contribution in [0.25, 0.3) is 11.2 Å². The van der Waals surface area contributed by atoms with Crippen molar-refractivity contribution in [2.45, 2.75) is 18.9 Å². The summed E-state index contributed by atoms with van der Waals surface area (Å²) in [4.78, 5) is 12.4. The van der Waals surface area contributed by atoms with Gasteiger partial charge in [0, 0.05) is 25.2 Å². The highest BCUT2D eigenvalue weighted by atomic mass is 16.3. The fraction of sp³-hybridized carbons (Fsp3) is 0.583. The Kier molecular flexibility index (Phi) is 3.08. The second-order valence-corrected chi connectivity index (χ2v) is 5.02. The van der Waals surface area contributed by atoms with Gasteiger partial charge in [-0.1, -0.05) is 0 Å². The Morgan fingerprint density at radius 3 is 2.79 bits per heavy atom. The Balaban J connectivity index is 2.03. The van der Waals surface area contributed by atoms with Gasteiger partial charge in [0.2, 0.25) is 0 Å². The Morgan fingerprint density at radius 2 is 2.05 bits per heavy atom. The zero-order chi connectivity index (χ0) is 13.4. The summed E-state index contributed by atoms with van der Waals surface area (Å²) in [5.74, 6) is 0.520. The van der Waals surface area contributed by atoms with Crippen LogP contribution in [0.1, 0.15) is 18.9 Å². The number of nitrogens with zero attached hydrogens (tertiary/aromatic N) is 4. The fourth-order valence-electron chi connectivity index (χ4n) is 3.08. The average molecular weight is 263 g/mol. The highest BCUT2D eigenvalue weighted by Gasteiger charge is 2.37. The quantitative estimate of drug-likeness (QED) is 0.716. The van der Waals surface area contributed by atoms with Gasteiger partial charge in [-0.3, -0.25) is 0 Å². The molecule has 1 aliphatic carbocycles. The number of imidazole rings is 1. The number of aliphatic hydroxyl groups excluding tert-OH is 2. The van der Waals surface area contributed by atoms with Crippen molar-refractivity contribution in [1.29, 1.82) is 0 Å².